The van der Waals surface area contributed by atoms with Gasteiger partial charge in [-0.15, -0.1) is 0 Å². The molecule has 94 valence electrons. The van der Waals surface area contributed by atoms with Gasteiger partial charge in [0.15, 0.2) is 5.17 Å². The summed E-state index contributed by atoms with van der Waals surface area (Å²) in [7, 11) is 3.72. The molecule has 2 N–H and O–H groups in total. The number of aliphatic hydroxyl groups is 2. The van der Waals surface area contributed by atoms with Crippen LogP contribution >= 0.6 is 11.8 Å². The molecule has 0 saturated carbocycles. The maximum Gasteiger partial charge on any atom is 0.161 e. The number of nitrogens with zero attached hydrogens (tertiary/aromatic N) is 3. The zero-order chi connectivity index (χ0) is 12.6. The molecule has 2 rings (SSSR count). The highest BCUT2D eigenvalue weighted by Crippen LogP contribution is 2.37. The fourth-order valence-electron chi connectivity index (χ4n) is 1.89. The molecule has 0 spiro atoms. The second-order valence-corrected chi connectivity index (χ2v) is 5.37. The lowest BCUT2D eigenvalue weighted by molar-refractivity contribution is -0.150. The summed E-state index contributed by atoms with van der Waals surface area (Å²) >= 11 is 1.41. The molecule has 7 heteroatoms. The van der Waals surface area contributed by atoms with Crippen molar-refractivity contribution < 1.29 is 14.9 Å². The molecule has 1 saturated heterocycles. The third-order valence-corrected chi connectivity index (χ3v) is 4.13. The molecule has 0 unspecified atom stereocenters. The number of rotatable bonds is 1. The maximum atomic E-state index is 9.97. The minimum atomic E-state index is -1.05. The Morgan fingerprint density at radius 2 is 2.18 bits per heavy atom. The second-order valence-electron chi connectivity index (χ2n) is 4.30. The molecule has 0 bridgehead atoms. The topological polar surface area (TPSA) is 89.1 Å². The van der Waals surface area contributed by atoms with Crippen LogP contribution in [0, 0.1) is 11.3 Å². The summed E-state index contributed by atoms with van der Waals surface area (Å²) in [5.74, 6) is 0. The van der Waals surface area contributed by atoms with Crippen molar-refractivity contribution in [3.63, 3.8) is 0 Å². The van der Waals surface area contributed by atoms with E-state index in [1.54, 1.807) is 0 Å². The van der Waals surface area contributed by atoms with Gasteiger partial charge in [0.2, 0.25) is 0 Å². The van der Waals surface area contributed by atoms with Crippen molar-refractivity contribution in [1.82, 2.24) is 4.90 Å². The van der Waals surface area contributed by atoms with Crippen molar-refractivity contribution in [3.8, 4) is 6.07 Å². The Hall–Kier alpha value is -0.810. The molecule has 2 aliphatic heterocycles. The van der Waals surface area contributed by atoms with Crippen molar-refractivity contribution in [2.75, 3.05) is 14.1 Å². The zero-order valence-electron chi connectivity index (χ0n) is 9.65. The van der Waals surface area contributed by atoms with Crippen LogP contribution in [0.5, 0.6) is 0 Å². The van der Waals surface area contributed by atoms with E-state index in [4.69, 9.17) is 10.00 Å². The van der Waals surface area contributed by atoms with E-state index in [0.29, 0.717) is 0 Å². The molecule has 0 aliphatic carbocycles. The van der Waals surface area contributed by atoms with Gasteiger partial charge in [-0.05, 0) is 0 Å². The Morgan fingerprint density at radius 1 is 1.47 bits per heavy atom. The maximum absolute atomic E-state index is 9.97. The summed E-state index contributed by atoms with van der Waals surface area (Å²) in [6.45, 7) is 0. The molecule has 2 heterocycles. The third-order valence-electron chi connectivity index (χ3n) is 2.82. The van der Waals surface area contributed by atoms with Crippen molar-refractivity contribution >= 4 is 16.9 Å². The van der Waals surface area contributed by atoms with Gasteiger partial charge >= 0.3 is 0 Å². The molecule has 0 amide bonds. The van der Waals surface area contributed by atoms with Crippen LogP contribution in [0.3, 0.4) is 0 Å². The smallest absolute Gasteiger partial charge is 0.161 e. The third kappa shape index (κ3) is 2.26. The van der Waals surface area contributed by atoms with Gasteiger partial charge in [0.25, 0.3) is 0 Å². The Labute approximate surface area is 104 Å². The minimum absolute atomic E-state index is 0.0688. The molecule has 0 radical (unpaired) electrons. The molecular formula is C10H15N3O3S. The monoisotopic (exact) mass is 257 g/mol. The highest BCUT2D eigenvalue weighted by molar-refractivity contribution is 8.14. The standard InChI is InChI=1S/C10H15N3O3S/c1-13(2)10-12-6-8(15)7(14)5(3-4-11)16-9(6)17-10/h5-9,14-15H,3H2,1-2H3/t5-,6-,7-,8-,9-/m1/s1. The lowest BCUT2D eigenvalue weighted by Gasteiger charge is -2.37. The predicted molar refractivity (Wildman–Crippen MR) is 63.4 cm³/mol. The predicted octanol–water partition coefficient (Wildman–Crippen LogP) is -0.620. The van der Waals surface area contributed by atoms with E-state index in [0.717, 1.165) is 5.17 Å². The van der Waals surface area contributed by atoms with E-state index in [2.05, 4.69) is 4.99 Å². The Morgan fingerprint density at radius 3 is 2.76 bits per heavy atom. The molecule has 6 nitrogen and oxygen atoms in total. The van der Waals surface area contributed by atoms with Crippen LogP contribution in [-0.2, 0) is 4.74 Å². The lowest BCUT2D eigenvalue weighted by Crippen LogP contribution is -2.54. The van der Waals surface area contributed by atoms with Gasteiger partial charge in [-0.1, -0.05) is 11.8 Å². The van der Waals surface area contributed by atoms with Crippen LogP contribution in [0.4, 0.5) is 0 Å². The van der Waals surface area contributed by atoms with E-state index >= 15 is 0 Å². The lowest BCUT2D eigenvalue weighted by atomic mass is 9.97. The van der Waals surface area contributed by atoms with Gasteiger partial charge in [0.1, 0.15) is 29.8 Å². The summed E-state index contributed by atoms with van der Waals surface area (Å²) in [5.41, 5.74) is -0.316. The summed E-state index contributed by atoms with van der Waals surface area (Å²) in [6.07, 6.45) is -2.60. The number of aliphatic hydroxyl groups excluding tert-OH is 2. The van der Waals surface area contributed by atoms with Gasteiger partial charge in [0, 0.05) is 14.1 Å². The van der Waals surface area contributed by atoms with Crippen molar-refractivity contribution in [2.45, 2.75) is 36.2 Å². The number of aliphatic imine (C=N–C) groups is 1. The molecule has 1 fully saturated rings. The first-order valence-electron chi connectivity index (χ1n) is 5.35. The average molecular weight is 257 g/mol. The van der Waals surface area contributed by atoms with Crippen LogP contribution in [0.1, 0.15) is 6.42 Å². The largest absolute Gasteiger partial charge is 0.388 e. The Bertz CT molecular complexity index is 368. The number of hydrogen-bond donors (Lipinski definition) is 2. The van der Waals surface area contributed by atoms with Gasteiger partial charge in [-0.3, -0.25) is 4.99 Å². The van der Waals surface area contributed by atoms with Crippen LogP contribution in [0.25, 0.3) is 0 Å². The van der Waals surface area contributed by atoms with Gasteiger partial charge in [-0.25, -0.2) is 0 Å². The summed E-state index contributed by atoms with van der Waals surface area (Å²) in [4.78, 5) is 6.16. The molecule has 0 aromatic heterocycles. The fourth-order valence-corrected chi connectivity index (χ4v) is 3.05. The second kappa shape index (κ2) is 4.82. The highest BCUT2D eigenvalue weighted by Gasteiger charge is 2.48. The quantitative estimate of drug-likeness (QED) is 0.651. The number of thioether (sulfide) groups is 1. The van der Waals surface area contributed by atoms with Crippen LogP contribution in [-0.4, -0.2) is 64.2 Å². The van der Waals surface area contributed by atoms with Crippen molar-refractivity contribution in [3.05, 3.63) is 0 Å². The Kier molecular flexibility index (Phi) is 3.58. The first-order valence-corrected chi connectivity index (χ1v) is 6.23. The Balaban J connectivity index is 2.13. The SMILES string of the molecule is CN(C)C1=N[C@@H]2[C@@H](O)[C@H](O)[C@@H](CC#N)O[C@@H]2S1. The van der Waals surface area contributed by atoms with E-state index < -0.39 is 24.4 Å². The molecule has 2 aliphatic rings. The highest BCUT2D eigenvalue weighted by atomic mass is 32.2. The molecule has 0 aromatic rings. The molecule has 0 aromatic carbocycles. The van der Waals surface area contributed by atoms with E-state index in [1.807, 2.05) is 25.1 Å². The number of nitriles is 1. The fraction of sp³-hybridized carbons (Fsp3) is 0.800. The first-order chi connectivity index (χ1) is 8.04. The van der Waals surface area contributed by atoms with Gasteiger partial charge in [0.05, 0.1) is 12.5 Å². The summed E-state index contributed by atoms with van der Waals surface area (Å²) in [6, 6.07) is 1.49. The number of amidine groups is 1. The number of fused-ring (bicyclic) bond motifs is 1. The molecule has 5 atom stereocenters. The van der Waals surface area contributed by atoms with Gasteiger partial charge < -0.3 is 19.8 Å². The molecule has 17 heavy (non-hydrogen) atoms. The number of hydrogen-bond acceptors (Lipinski definition) is 7. The van der Waals surface area contributed by atoms with Crippen LogP contribution in [0.15, 0.2) is 4.99 Å². The van der Waals surface area contributed by atoms with Gasteiger partial charge in [-0.2, -0.15) is 5.26 Å². The zero-order valence-corrected chi connectivity index (χ0v) is 10.5. The summed E-state index contributed by atoms with van der Waals surface area (Å²) in [5, 5.41) is 29.2. The van der Waals surface area contributed by atoms with E-state index in [9.17, 15) is 10.2 Å². The van der Waals surface area contributed by atoms with Crippen molar-refractivity contribution in [2.24, 2.45) is 4.99 Å². The summed E-state index contributed by atoms with van der Waals surface area (Å²) < 4.78 is 5.60. The van der Waals surface area contributed by atoms with E-state index in [1.165, 1.54) is 11.8 Å². The first kappa shape index (κ1) is 12.6. The normalized spacial score (nSPS) is 40.4. The van der Waals surface area contributed by atoms with Crippen molar-refractivity contribution in [1.29, 1.82) is 5.26 Å². The van der Waals surface area contributed by atoms with Crippen LogP contribution in [0.2, 0.25) is 0 Å². The van der Waals surface area contributed by atoms with E-state index in [-0.39, 0.29) is 11.9 Å². The number of ether oxygens (including phenoxy) is 1. The minimum Gasteiger partial charge on any atom is -0.388 e. The van der Waals surface area contributed by atoms with Crippen LogP contribution < -0.4 is 0 Å². The average Bonchev–Trinajstić information content (AvgIpc) is 2.70. The molecular weight excluding hydrogens is 242 g/mol.